The largest absolute Gasteiger partial charge is 0.416 e. The summed E-state index contributed by atoms with van der Waals surface area (Å²) in [5.74, 6) is -1.14. The highest BCUT2D eigenvalue weighted by Crippen LogP contribution is 2.44. The average molecular weight is 320 g/mol. The lowest BCUT2D eigenvalue weighted by Gasteiger charge is -2.22. The molecule has 3 atom stereocenters. The molecule has 0 radical (unpaired) electrons. The molecular formula is C18H15F3O2. The summed E-state index contributed by atoms with van der Waals surface area (Å²) >= 11 is 0. The van der Waals surface area contributed by atoms with Crippen LogP contribution in [0.4, 0.5) is 13.2 Å². The summed E-state index contributed by atoms with van der Waals surface area (Å²) in [6, 6.07) is 13.7. The van der Waals surface area contributed by atoms with E-state index in [9.17, 15) is 23.1 Å². The van der Waals surface area contributed by atoms with Gasteiger partial charge in [0.25, 0.3) is 0 Å². The number of carbonyl (C=O) groups is 1. The fourth-order valence-electron chi connectivity index (χ4n) is 3.25. The lowest BCUT2D eigenvalue weighted by atomic mass is 9.82. The van der Waals surface area contributed by atoms with Crippen LogP contribution < -0.4 is 0 Å². The normalized spacial score (nSPS) is 24.9. The van der Waals surface area contributed by atoms with Crippen LogP contribution >= 0.6 is 0 Å². The van der Waals surface area contributed by atoms with Crippen LogP contribution in [0, 0.1) is 0 Å². The zero-order valence-corrected chi connectivity index (χ0v) is 12.1. The number of benzene rings is 2. The van der Waals surface area contributed by atoms with Crippen LogP contribution in [0.1, 0.15) is 34.9 Å². The van der Waals surface area contributed by atoms with Crippen molar-refractivity contribution in [2.24, 2.45) is 0 Å². The summed E-state index contributed by atoms with van der Waals surface area (Å²) in [5.41, 5.74) is 0.584. The number of rotatable bonds is 2. The molecule has 0 spiro atoms. The number of ketones is 1. The molecule has 1 fully saturated rings. The number of aliphatic hydroxyl groups excluding tert-OH is 1. The molecule has 0 heterocycles. The summed E-state index contributed by atoms with van der Waals surface area (Å²) in [7, 11) is 0. The number of alkyl halides is 3. The predicted octanol–water partition coefficient (Wildman–Crippen LogP) is 3.91. The Morgan fingerprint density at radius 1 is 0.913 bits per heavy atom. The molecule has 120 valence electrons. The second-order valence-corrected chi connectivity index (χ2v) is 5.77. The van der Waals surface area contributed by atoms with Crippen LogP contribution in [0.3, 0.4) is 0 Å². The first-order chi connectivity index (χ1) is 10.9. The van der Waals surface area contributed by atoms with Crippen LogP contribution in [0.25, 0.3) is 0 Å². The van der Waals surface area contributed by atoms with E-state index >= 15 is 0 Å². The van der Waals surface area contributed by atoms with E-state index in [1.807, 2.05) is 6.07 Å². The number of hydrogen-bond donors (Lipinski definition) is 1. The first-order valence-corrected chi connectivity index (χ1v) is 7.31. The first-order valence-electron chi connectivity index (χ1n) is 7.31. The number of aliphatic hydroxyl groups is 1. The van der Waals surface area contributed by atoms with Gasteiger partial charge >= 0.3 is 6.18 Å². The standard InChI is InChI=1S/C18H15F3O2/c19-18(20,21)13-8-6-12(7-9-13)17-15(23)10-14(22)16(17)11-4-2-1-3-5-11/h1-9,15-17,23H,10H2/t15-,16-,17-/m0/s1. The van der Waals surface area contributed by atoms with Gasteiger partial charge in [-0.1, -0.05) is 42.5 Å². The molecule has 0 aliphatic heterocycles. The van der Waals surface area contributed by atoms with Gasteiger partial charge in [-0.2, -0.15) is 13.2 Å². The van der Waals surface area contributed by atoms with E-state index in [0.717, 1.165) is 17.7 Å². The van der Waals surface area contributed by atoms with E-state index in [4.69, 9.17) is 0 Å². The number of Topliss-reactive ketones (excluding diaryl/α,β-unsaturated/α-hetero) is 1. The average Bonchev–Trinajstić information content (AvgIpc) is 2.82. The van der Waals surface area contributed by atoms with Crippen molar-refractivity contribution in [2.75, 3.05) is 0 Å². The maximum Gasteiger partial charge on any atom is 0.416 e. The van der Waals surface area contributed by atoms with Crippen LogP contribution in [-0.2, 0) is 11.0 Å². The molecule has 2 nitrogen and oxygen atoms in total. The van der Waals surface area contributed by atoms with Gasteiger partial charge in [0.1, 0.15) is 5.78 Å². The zero-order chi connectivity index (χ0) is 16.6. The van der Waals surface area contributed by atoms with Crippen molar-refractivity contribution in [3.8, 4) is 0 Å². The monoisotopic (exact) mass is 320 g/mol. The van der Waals surface area contributed by atoms with E-state index in [1.165, 1.54) is 12.1 Å². The van der Waals surface area contributed by atoms with Gasteiger partial charge in [-0.3, -0.25) is 4.79 Å². The van der Waals surface area contributed by atoms with E-state index < -0.39 is 29.7 Å². The lowest BCUT2D eigenvalue weighted by Crippen LogP contribution is -2.17. The van der Waals surface area contributed by atoms with E-state index in [2.05, 4.69) is 0 Å². The molecule has 0 saturated heterocycles. The van der Waals surface area contributed by atoms with Crippen molar-refractivity contribution < 1.29 is 23.1 Å². The molecule has 1 saturated carbocycles. The molecule has 0 aromatic heterocycles. The Bertz CT molecular complexity index is 692. The van der Waals surface area contributed by atoms with Crippen molar-refractivity contribution in [3.63, 3.8) is 0 Å². The zero-order valence-electron chi connectivity index (χ0n) is 12.1. The second-order valence-electron chi connectivity index (χ2n) is 5.77. The predicted molar refractivity (Wildman–Crippen MR) is 79.0 cm³/mol. The van der Waals surface area contributed by atoms with Gasteiger partial charge in [0.2, 0.25) is 0 Å². The summed E-state index contributed by atoms with van der Waals surface area (Å²) in [6.07, 6.45) is -5.27. The Hall–Kier alpha value is -2.14. The SMILES string of the molecule is O=C1C[C@H](O)[C@H](c2ccc(C(F)(F)F)cc2)[C@H]1c1ccccc1. The third-order valence-electron chi connectivity index (χ3n) is 4.31. The van der Waals surface area contributed by atoms with Crippen molar-refractivity contribution in [1.29, 1.82) is 0 Å². The van der Waals surface area contributed by atoms with Gasteiger partial charge in [0.15, 0.2) is 0 Å². The Morgan fingerprint density at radius 3 is 2.09 bits per heavy atom. The van der Waals surface area contributed by atoms with Gasteiger partial charge in [-0.05, 0) is 23.3 Å². The lowest BCUT2D eigenvalue weighted by molar-refractivity contribution is -0.137. The van der Waals surface area contributed by atoms with Gasteiger partial charge in [0, 0.05) is 12.3 Å². The van der Waals surface area contributed by atoms with E-state index in [1.54, 1.807) is 24.3 Å². The quantitative estimate of drug-likeness (QED) is 0.911. The molecule has 0 unspecified atom stereocenters. The van der Waals surface area contributed by atoms with Crippen LogP contribution in [0.2, 0.25) is 0 Å². The molecule has 1 N–H and O–H groups in total. The van der Waals surface area contributed by atoms with E-state index in [0.29, 0.717) is 5.56 Å². The van der Waals surface area contributed by atoms with Crippen LogP contribution in [-0.4, -0.2) is 17.0 Å². The smallest absolute Gasteiger partial charge is 0.392 e. The Kier molecular flexibility index (Phi) is 3.98. The molecule has 3 rings (SSSR count). The first kappa shape index (κ1) is 15.7. The number of carbonyl (C=O) groups excluding carboxylic acids is 1. The molecule has 2 aromatic rings. The highest BCUT2D eigenvalue weighted by molar-refractivity contribution is 5.90. The molecule has 23 heavy (non-hydrogen) atoms. The number of hydrogen-bond acceptors (Lipinski definition) is 2. The Labute approximate surface area is 131 Å². The van der Waals surface area contributed by atoms with Gasteiger partial charge < -0.3 is 5.11 Å². The summed E-state index contributed by atoms with van der Waals surface area (Å²) in [4.78, 5) is 12.3. The summed E-state index contributed by atoms with van der Waals surface area (Å²) in [5, 5.41) is 10.2. The minimum Gasteiger partial charge on any atom is -0.392 e. The summed E-state index contributed by atoms with van der Waals surface area (Å²) < 4.78 is 38.0. The topological polar surface area (TPSA) is 37.3 Å². The van der Waals surface area contributed by atoms with Crippen molar-refractivity contribution in [2.45, 2.75) is 30.5 Å². The molecule has 1 aliphatic carbocycles. The van der Waals surface area contributed by atoms with Crippen molar-refractivity contribution in [3.05, 3.63) is 71.3 Å². The van der Waals surface area contributed by atoms with Crippen molar-refractivity contribution >= 4 is 5.78 Å². The molecule has 0 bridgehead atoms. The van der Waals surface area contributed by atoms with Crippen molar-refractivity contribution in [1.82, 2.24) is 0 Å². The maximum atomic E-state index is 12.7. The van der Waals surface area contributed by atoms with E-state index in [-0.39, 0.29) is 12.2 Å². The highest BCUT2D eigenvalue weighted by Gasteiger charge is 2.43. The minimum atomic E-state index is -4.40. The number of halogens is 3. The molecular weight excluding hydrogens is 305 g/mol. The fraction of sp³-hybridized carbons (Fsp3) is 0.278. The molecule has 1 aliphatic rings. The van der Waals surface area contributed by atoms with Gasteiger partial charge in [-0.25, -0.2) is 0 Å². The van der Waals surface area contributed by atoms with Gasteiger partial charge in [-0.15, -0.1) is 0 Å². The second kappa shape index (κ2) is 5.81. The third-order valence-corrected chi connectivity index (χ3v) is 4.31. The maximum absolute atomic E-state index is 12.7. The minimum absolute atomic E-state index is 0.0191. The Morgan fingerprint density at radius 2 is 1.52 bits per heavy atom. The van der Waals surface area contributed by atoms with Crippen LogP contribution in [0.5, 0.6) is 0 Å². The molecule has 5 heteroatoms. The third kappa shape index (κ3) is 3.01. The molecule has 0 amide bonds. The fourth-order valence-corrected chi connectivity index (χ4v) is 3.25. The van der Waals surface area contributed by atoms with Gasteiger partial charge in [0.05, 0.1) is 17.6 Å². The molecule has 2 aromatic carbocycles. The van der Waals surface area contributed by atoms with Crippen LogP contribution in [0.15, 0.2) is 54.6 Å². The highest BCUT2D eigenvalue weighted by atomic mass is 19.4. The summed E-state index contributed by atoms with van der Waals surface area (Å²) in [6.45, 7) is 0. The Balaban J connectivity index is 1.97.